The van der Waals surface area contributed by atoms with Crippen LogP contribution in [0.5, 0.6) is 0 Å². The fraction of sp³-hybridized carbons (Fsp3) is 0.611. The smallest absolute Gasteiger partial charge is 0.140 e. The van der Waals surface area contributed by atoms with E-state index in [-0.39, 0.29) is 5.41 Å². The van der Waals surface area contributed by atoms with Gasteiger partial charge >= 0.3 is 0 Å². The second-order valence-electron chi connectivity index (χ2n) is 7.31. The van der Waals surface area contributed by atoms with E-state index in [2.05, 4.69) is 42.5 Å². The summed E-state index contributed by atoms with van der Waals surface area (Å²) in [6, 6.07) is 6.57. The molecule has 2 nitrogen and oxygen atoms in total. The standard InChI is InChI=1S/C18H26N2/c1-18(2,3)16-12-15-10-7-11-19-17(15)20(16)13-14-8-5-4-6-9-14/h7,10-12,14H,4-6,8-9,13H2,1-3H3. The predicted octanol–water partition coefficient (Wildman–Crippen LogP) is 4.91. The molecular weight excluding hydrogens is 244 g/mol. The largest absolute Gasteiger partial charge is 0.329 e. The van der Waals surface area contributed by atoms with Gasteiger partial charge in [0.2, 0.25) is 0 Å². The average molecular weight is 270 g/mol. The Morgan fingerprint density at radius 2 is 1.95 bits per heavy atom. The zero-order chi connectivity index (χ0) is 14.2. The molecule has 108 valence electrons. The Balaban J connectivity index is 2.01. The van der Waals surface area contributed by atoms with E-state index in [0.717, 1.165) is 12.5 Å². The van der Waals surface area contributed by atoms with E-state index in [9.17, 15) is 0 Å². The van der Waals surface area contributed by atoms with Gasteiger partial charge in [-0.3, -0.25) is 0 Å². The van der Waals surface area contributed by atoms with Gasteiger partial charge in [-0.25, -0.2) is 4.98 Å². The van der Waals surface area contributed by atoms with E-state index in [0.29, 0.717) is 0 Å². The zero-order valence-electron chi connectivity index (χ0n) is 13.0. The van der Waals surface area contributed by atoms with Crippen LogP contribution in [0.2, 0.25) is 0 Å². The number of rotatable bonds is 2. The fourth-order valence-electron chi connectivity index (χ4n) is 3.52. The Hall–Kier alpha value is -1.31. The van der Waals surface area contributed by atoms with Crippen LogP contribution in [-0.4, -0.2) is 9.55 Å². The van der Waals surface area contributed by atoms with Gasteiger partial charge in [-0.15, -0.1) is 0 Å². The number of hydrogen-bond acceptors (Lipinski definition) is 1. The molecule has 2 heteroatoms. The number of nitrogens with zero attached hydrogens (tertiary/aromatic N) is 2. The van der Waals surface area contributed by atoms with Gasteiger partial charge in [-0.05, 0) is 37.0 Å². The number of hydrogen-bond donors (Lipinski definition) is 0. The van der Waals surface area contributed by atoms with Crippen LogP contribution in [0.15, 0.2) is 24.4 Å². The first kappa shape index (κ1) is 13.7. The molecule has 0 spiro atoms. The SMILES string of the molecule is CC(C)(C)c1cc2cccnc2n1CC1CCCCC1. The van der Waals surface area contributed by atoms with Crippen LogP contribution in [0.1, 0.15) is 58.6 Å². The highest BCUT2D eigenvalue weighted by Gasteiger charge is 2.23. The summed E-state index contributed by atoms with van der Waals surface area (Å²) in [5, 5.41) is 1.29. The van der Waals surface area contributed by atoms with E-state index in [1.54, 1.807) is 0 Å². The van der Waals surface area contributed by atoms with Gasteiger partial charge in [-0.1, -0.05) is 40.0 Å². The van der Waals surface area contributed by atoms with Crippen molar-refractivity contribution in [1.29, 1.82) is 0 Å². The first-order valence-corrected chi connectivity index (χ1v) is 8.00. The lowest BCUT2D eigenvalue weighted by molar-refractivity contribution is 0.314. The Labute approximate surface area is 122 Å². The topological polar surface area (TPSA) is 17.8 Å². The van der Waals surface area contributed by atoms with Crippen LogP contribution in [0.4, 0.5) is 0 Å². The molecule has 1 saturated carbocycles. The van der Waals surface area contributed by atoms with Crippen molar-refractivity contribution in [1.82, 2.24) is 9.55 Å². The normalized spacial score (nSPS) is 17.8. The summed E-state index contributed by atoms with van der Waals surface area (Å²) in [6.07, 6.45) is 8.93. The maximum atomic E-state index is 4.64. The summed E-state index contributed by atoms with van der Waals surface area (Å²) < 4.78 is 2.49. The third kappa shape index (κ3) is 2.61. The van der Waals surface area contributed by atoms with Gasteiger partial charge < -0.3 is 4.57 Å². The molecule has 0 saturated heterocycles. The van der Waals surface area contributed by atoms with Crippen LogP contribution >= 0.6 is 0 Å². The summed E-state index contributed by atoms with van der Waals surface area (Å²) in [7, 11) is 0. The van der Waals surface area contributed by atoms with Crippen LogP contribution in [0.25, 0.3) is 11.0 Å². The average Bonchev–Trinajstić information content (AvgIpc) is 2.79. The molecule has 0 N–H and O–H groups in total. The Morgan fingerprint density at radius 3 is 2.65 bits per heavy atom. The van der Waals surface area contributed by atoms with Crippen molar-refractivity contribution in [3.8, 4) is 0 Å². The molecule has 0 aromatic carbocycles. The van der Waals surface area contributed by atoms with Crippen LogP contribution in [-0.2, 0) is 12.0 Å². The monoisotopic (exact) mass is 270 g/mol. The quantitative estimate of drug-likeness (QED) is 0.757. The summed E-state index contributed by atoms with van der Waals surface area (Å²) in [4.78, 5) is 4.64. The van der Waals surface area contributed by atoms with Crippen molar-refractivity contribution < 1.29 is 0 Å². The van der Waals surface area contributed by atoms with E-state index in [1.807, 2.05) is 12.3 Å². The zero-order valence-corrected chi connectivity index (χ0v) is 13.0. The van der Waals surface area contributed by atoms with E-state index >= 15 is 0 Å². The molecule has 2 heterocycles. The van der Waals surface area contributed by atoms with Gasteiger partial charge in [0.1, 0.15) is 5.65 Å². The fourth-order valence-corrected chi connectivity index (χ4v) is 3.52. The minimum atomic E-state index is 0.176. The summed E-state index contributed by atoms with van der Waals surface area (Å²) >= 11 is 0. The number of aromatic nitrogens is 2. The molecule has 3 rings (SSSR count). The molecule has 0 bridgehead atoms. The molecule has 1 fully saturated rings. The second kappa shape index (κ2) is 5.23. The molecular formula is C18H26N2. The number of pyridine rings is 1. The maximum absolute atomic E-state index is 4.64. The Kier molecular flexibility index (Phi) is 3.57. The van der Waals surface area contributed by atoms with E-state index < -0.39 is 0 Å². The first-order valence-electron chi connectivity index (χ1n) is 8.00. The minimum Gasteiger partial charge on any atom is -0.329 e. The predicted molar refractivity (Wildman–Crippen MR) is 85.0 cm³/mol. The van der Waals surface area contributed by atoms with Gasteiger partial charge in [0, 0.05) is 29.2 Å². The molecule has 2 aromatic heterocycles. The molecule has 0 amide bonds. The molecule has 0 radical (unpaired) electrons. The second-order valence-corrected chi connectivity index (χ2v) is 7.31. The lowest BCUT2D eigenvalue weighted by atomic mass is 9.88. The third-order valence-corrected chi connectivity index (χ3v) is 4.59. The van der Waals surface area contributed by atoms with Crippen molar-refractivity contribution in [3.05, 3.63) is 30.1 Å². The molecule has 1 aliphatic carbocycles. The molecule has 0 atom stereocenters. The molecule has 1 aliphatic rings. The van der Waals surface area contributed by atoms with Gasteiger partial charge in [0.25, 0.3) is 0 Å². The van der Waals surface area contributed by atoms with Gasteiger partial charge in [0.05, 0.1) is 0 Å². The number of fused-ring (bicyclic) bond motifs is 1. The van der Waals surface area contributed by atoms with Crippen LogP contribution in [0.3, 0.4) is 0 Å². The highest BCUT2D eigenvalue weighted by molar-refractivity contribution is 5.77. The van der Waals surface area contributed by atoms with Crippen molar-refractivity contribution >= 4 is 11.0 Å². The lowest BCUT2D eigenvalue weighted by Gasteiger charge is -2.27. The van der Waals surface area contributed by atoms with Crippen molar-refractivity contribution in [2.45, 2.75) is 64.8 Å². The molecule has 20 heavy (non-hydrogen) atoms. The first-order chi connectivity index (χ1) is 9.55. The molecule has 0 unspecified atom stereocenters. The van der Waals surface area contributed by atoms with Gasteiger partial charge in [0.15, 0.2) is 0 Å². The van der Waals surface area contributed by atoms with E-state index in [1.165, 1.54) is 48.8 Å². The summed E-state index contributed by atoms with van der Waals surface area (Å²) in [5.74, 6) is 0.836. The van der Waals surface area contributed by atoms with Crippen molar-refractivity contribution in [2.75, 3.05) is 0 Å². The Bertz CT molecular complexity index is 583. The van der Waals surface area contributed by atoms with Crippen LogP contribution < -0.4 is 0 Å². The molecule has 2 aromatic rings. The lowest BCUT2D eigenvalue weighted by Crippen LogP contribution is -2.22. The molecule has 0 aliphatic heterocycles. The van der Waals surface area contributed by atoms with Crippen molar-refractivity contribution in [3.63, 3.8) is 0 Å². The summed E-state index contributed by atoms with van der Waals surface area (Å²) in [5.41, 5.74) is 2.77. The highest BCUT2D eigenvalue weighted by atomic mass is 15.1. The van der Waals surface area contributed by atoms with E-state index in [4.69, 9.17) is 0 Å². The van der Waals surface area contributed by atoms with Crippen LogP contribution in [0, 0.1) is 5.92 Å². The minimum absolute atomic E-state index is 0.176. The van der Waals surface area contributed by atoms with Crippen molar-refractivity contribution in [2.24, 2.45) is 5.92 Å². The maximum Gasteiger partial charge on any atom is 0.140 e. The Morgan fingerprint density at radius 1 is 1.20 bits per heavy atom. The summed E-state index contributed by atoms with van der Waals surface area (Å²) in [6.45, 7) is 8.06. The van der Waals surface area contributed by atoms with Gasteiger partial charge in [-0.2, -0.15) is 0 Å². The highest BCUT2D eigenvalue weighted by Crippen LogP contribution is 2.32. The third-order valence-electron chi connectivity index (χ3n) is 4.59.